The van der Waals surface area contributed by atoms with E-state index in [1.54, 1.807) is 45.2 Å². The molecular formula is C15H18N2O2. The van der Waals surface area contributed by atoms with Gasteiger partial charge >= 0.3 is 6.03 Å². The Morgan fingerprint density at radius 1 is 1.05 bits per heavy atom. The molecule has 0 saturated heterocycles. The number of Topliss-reactive ketones (excluding diaryl/α,β-unsaturated/α-hetero) is 1. The molecule has 2 amide bonds. The van der Waals surface area contributed by atoms with Crippen molar-refractivity contribution in [3.8, 4) is 0 Å². The van der Waals surface area contributed by atoms with Crippen molar-refractivity contribution in [3.63, 3.8) is 0 Å². The summed E-state index contributed by atoms with van der Waals surface area (Å²) < 4.78 is 0. The van der Waals surface area contributed by atoms with Gasteiger partial charge in [0, 0.05) is 18.3 Å². The number of carbonyl (C=O) groups is 2. The lowest BCUT2D eigenvalue weighted by atomic mass is 10.0. The highest BCUT2D eigenvalue weighted by Crippen LogP contribution is 2.08. The van der Waals surface area contributed by atoms with Crippen LogP contribution in [0.15, 0.2) is 53.8 Å². The van der Waals surface area contributed by atoms with E-state index in [1.807, 2.05) is 18.2 Å². The molecule has 1 aromatic rings. The molecule has 0 aromatic heterocycles. The third-order valence-corrected chi connectivity index (χ3v) is 2.52. The maximum atomic E-state index is 12.0. The summed E-state index contributed by atoms with van der Waals surface area (Å²) in [6.07, 6.45) is 3.39. The lowest BCUT2D eigenvalue weighted by molar-refractivity contribution is 0.103. The van der Waals surface area contributed by atoms with Crippen molar-refractivity contribution in [2.75, 3.05) is 7.05 Å². The van der Waals surface area contributed by atoms with Crippen LogP contribution in [0.2, 0.25) is 0 Å². The zero-order chi connectivity index (χ0) is 14.3. The summed E-state index contributed by atoms with van der Waals surface area (Å²) in [6, 6.07) is 8.79. The first-order chi connectivity index (χ1) is 9.04. The van der Waals surface area contributed by atoms with Crippen LogP contribution < -0.4 is 10.6 Å². The number of carbonyl (C=O) groups excluding carboxylic acids is 2. The van der Waals surface area contributed by atoms with Gasteiger partial charge in [-0.15, -0.1) is 0 Å². The lowest BCUT2D eigenvalue weighted by Crippen LogP contribution is -2.31. The highest BCUT2D eigenvalue weighted by Gasteiger charge is 2.06. The predicted molar refractivity (Wildman–Crippen MR) is 75.9 cm³/mol. The van der Waals surface area contributed by atoms with E-state index in [0.29, 0.717) is 16.8 Å². The van der Waals surface area contributed by atoms with Gasteiger partial charge in [-0.1, -0.05) is 36.4 Å². The molecule has 4 nitrogen and oxygen atoms in total. The Morgan fingerprint density at radius 3 is 2.26 bits per heavy atom. The Bertz CT molecular complexity index is 516. The largest absolute Gasteiger partial charge is 0.341 e. The van der Waals surface area contributed by atoms with Crippen molar-refractivity contribution in [3.05, 3.63) is 59.3 Å². The molecule has 0 saturated carbocycles. The first-order valence-corrected chi connectivity index (χ1v) is 5.98. The van der Waals surface area contributed by atoms with Crippen molar-refractivity contribution in [2.24, 2.45) is 0 Å². The Kier molecular flexibility index (Phi) is 5.54. The number of ketones is 1. The van der Waals surface area contributed by atoms with Crippen LogP contribution in [-0.2, 0) is 0 Å². The molecule has 0 fully saturated rings. The third kappa shape index (κ3) is 4.79. The Balaban J connectivity index is 2.74. The number of benzene rings is 1. The van der Waals surface area contributed by atoms with Gasteiger partial charge in [-0.25, -0.2) is 4.79 Å². The predicted octanol–water partition coefficient (Wildman–Crippen LogP) is 2.65. The van der Waals surface area contributed by atoms with Gasteiger partial charge < -0.3 is 10.6 Å². The fourth-order valence-corrected chi connectivity index (χ4v) is 1.43. The van der Waals surface area contributed by atoms with E-state index in [0.717, 1.165) is 0 Å². The third-order valence-electron chi connectivity index (χ3n) is 2.52. The minimum atomic E-state index is -0.283. The van der Waals surface area contributed by atoms with E-state index >= 15 is 0 Å². The Morgan fingerprint density at radius 2 is 1.68 bits per heavy atom. The molecule has 0 radical (unpaired) electrons. The van der Waals surface area contributed by atoms with Crippen molar-refractivity contribution < 1.29 is 9.59 Å². The number of amides is 2. The SMILES string of the molecule is CNC(=O)N/C(C)=C/C=C(\C)C(=O)c1ccccc1. The summed E-state index contributed by atoms with van der Waals surface area (Å²) in [5.41, 5.74) is 1.94. The Labute approximate surface area is 113 Å². The molecule has 100 valence electrons. The zero-order valence-corrected chi connectivity index (χ0v) is 11.4. The van der Waals surface area contributed by atoms with E-state index < -0.39 is 0 Å². The van der Waals surface area contributed by atoms with Gasteiger partial charge in [0.05, 0.1) is 0 Å². The minimum Gasteiger partial charge on any atom is -0.341 e. The average molecular weight is 258 g/mol. The molecule has 0 atom stereocenters. The summed E-state index contributed by atoms with van der Waals surface area (Å²) >= 11 is 0. The van der Waals surface area contributed by atoms with Gasteiger partial charge in [0.1, 0.15) is 0 Å². The van der Waals surface area contributed by atoms with Crippen LogP contribution in [0, 0.1) is 0 Å². The van der Waals surface area contributed by atoms with Crippen LogP contribution in [0.1, 0.15) is 24.2 Å². The fraction of sp³-hybridized carbons (Fsp3) is 0.200. The summed E-state index contributed by atoms with van der Waals surface area (Å²) in [4.78, 5) is 23.1. The molecule has 2 N–H and O–H groups in total. The summed E-state index contributed by atoms with van der Waals surface area (Å²) in [5, 5.41) is 5.07. The van der Waals surface area contributed by atoms with Crippen molar-refractivity contribution in [1.82, 2.24) is 10.6 Å². The molecule has 1 rings (SSSR count). The average Bonchev–Trinajstić information content (AvgIpc) is 2.44. The van der Waals surface area contributed by atoms with Crippen molar-refractivity contribution >= 4 is 11.8 Å². The van der Waals surface area contributed by atoms with Gasteiger partial charge in [0.25, 0.3) is 0 Å². The number of hydrogen-bond acceptors (Lipinski definition) is 2. The first-order valence-electron chi connectivity index (χ1n) is 5.98. The second kappa shape index (κ2) is 7.16. The van der Waals surface area contributed by atoms with Gasteiger partial charge in [-0.2, -0.15) is 0 Å². The van der Waals surface area contributed by atoms with Crippen LogP contribution in [0.5, 0.6) is 0 Å². The molecule has 4 heteroatoms. The Hall–Kier alpha value is -2.36. The molecule has 0 bridgehead atoms. The number of nitrogens with one attached hydrogen (secondary N) is 2. The second-order valence-electron chi connectivity index (χ2n) is 4.10. The van der Waals surface area contributed by atoms with Gasteiger partial charge in [-0.3, -0.25) is 4.79 Å². The maximum Gasteiger partial charge on any atom is 0.318 e. The normalized spacial score (nSPS) is 11.9. The van der Waals surface area contributed by atoms with Gasteiger partial charge in [-0.05, 0) is 25.5 Å². The maximum absolute atomic E-state index is 12.0. The van der Waals surface area contributed by atoms with E-state index in [4.69, 9.17) is 0 Å². The van der Waals surface area contributed by atoms with E-state index in [1.165, 1.54) is 0 Å². The molecule has 19 heavy (non-hydrogen) atoms. The van der Waals surface area contributed by atoms with Crippen LogP contribution in [0.3, 0.4) is 0 Å². The summed E-state index contributed by atoms with van der Waals surface area (Å²) in [7, 11) is 1.54. The fourth-order valence-electron chi connectivity index (χ4n) is 1.43. The van der Waals surface area contributed by atoms with Gasteiger partial charge in [0.2, 0.25) is 0 Å². The summed E-state index contributed by atoms with van der Waals surface area (Å²) in [6.45, 7) is 3.50. The molecule has 0 heterocycles. The molecule has 0 aliphatic carbocycles. The van der Waals surface area contributed by atoms with Crippen LogP contribution in [0.4, 0.5) is 4.79 Å². The van der Waals surface area contributed by atoms with Crippen LogP contribution in [-0.4, -0.2) is 18.9 Å². The first kappa shape index (κ1) is 14.7. The van der Waals surface area contributed by atoms with E-state index in [9.17, 15) is 9.59 Å². The van der Waals surface area contributed by atoms with Crippen LogP contribution in [0.25, 0.3) is 0 Å². The quantitative estimate of drug-likeness (QED) is 0.495. The summed E-state index contributed by atoms with van der Waals surface area (Å²) in [5.74, 6) is -0.0235. The highest BCUT2D eigenvalue weighted by molar-refractivity contribution is 6.08. The molecule has 1 aromatic carbocycles. The zero-order valence-electron chi connectivity index (χ0n) is 11.4. The standard InChI is InChI=1S/C15H18N2O2/c1-11(9-10-12(2)17-15(19)16-3)14(18)13-7-5-4-6-8-13/h4-10H,1-3H3,(H2,16,17,19)/b11-9+,12-10+. The molecule has 0 spiro atoms. The number of allylic oxidation sites excluding steroid dienone is 4. The van der Waals surface area contributed by atoms with E-state index in [2.05, 4.69) is 10.6 Å². The van der Waals surface area contributed by atoms with Crippen molar-refractivity contribution in [2.45, 2.75) is 13.8 Å². The lowest BCUT2D eigenvalue weighted by Gasteiger charge is -2.03. The second-order valence-corrected chi connectivity index (χ2v) is 4.10. The topological polar surface area (TPSA) is 58.2 Å². The smallest absolute Gasteiger partial charge is 0.318 e. The number of urea groups is 1. The van der Waals surface area contributed by atoms with Crippen LogP contribution >= 0.6 is 0 Å². The minimum absolute atomic E-state index is 0.0235. The molecular weight excluding hydrogens is 240 g/mol. The number of hydrogen-bond donors (Lipinski definition) is 2. The number of rotatable bonds is 4. The molecule has 0 aliphatic heterocycles. The van der Waals surface area contributed by atoms with E-state index in [-0.39, 0.29) is 11.8 Å². The molecule has 0 aliphatic rings. The van der Waals surface area contributed by atoms with Crippen molar-refractivity contribution in [1.29, 1.82) is 0 Å². The molecule has 0 unspecified atom stereocenters. The van der Waals surface area contributed by atoms with Gasteiger partial charge in [0.15, 0.2) is 5.78 Å². The highest BCUT2D eigenvalue weighted by atomic mass is 16.2. The monoisotopic (exact) mass is 258 g/mol.